The minimum atomic E-state index is -0.861. The van der Waals surface area contributed by atoms with Gasteiger partial charge in [0.25, 0.3) is 0 Å². The van der Waals surface area contributed by atoms with Gasteiger partial charge in [-0.2, -0.15) is 0 Å². The third kappa shape index (κ3) is 4.50. The van der Waals surface area contributed by atoms with Gasteiger partial charge >= 0.3 is 0 Å². The molecule has 0 amide bonds. The third-order valence-corrected chi connectivity index (χ3v) is 5.82. The molecule has 3 aromatic carbocycles. The molecule has 6 heteroatoms. The van der Waals surface area contributed by atoms with Gasteiger partial charge in [0.2, 0.25) is 0 Å². The molecule has 1 fully saturated rings. The highest BCUT2D eigenvalue weighted by molar-refractivity contribution is 5.83. The quantitative estimate of drug-likeness (QED) is 0.444. The highest BCUT2D eigenvalue weighted by atomic mass is 19.1. The molecular formula is C25H28FN3O2. The second kappa shape index (κ2) is 8.96. The molecule has 3 aromatic rings. The molecule has 0 aromatic heterocycles. The van der Waals surface area contributed by atoms with Gasteiger partial charge in [0.1, 0.15) is 17.8 Å². The Morgan fingerprint density at radius 2 is 1.81 bits per heavy atom. The summed E-state index contributed by atoms with van der Waals surface area (Å²) in [6.07, 6.45) is 0.229. The zero-order valence-corrected chi connectivity index (χ0v) is 17.6. The van der Waals surface area contributed by atoms with E-state index >= 15 is 0 Å². The summed E-state index contributed by atoms with van der Waals surface area (Å²) >= 11 is 0. The van der Waals surface area contributed by atoms with E-state index in [1.54, 1.807) is 18.2 Å². The van der Waals surface area contributed by atoms with Crippen molar-refractivity contribution in [3.8, 4) is 28.0 Å². The van der Waals surface area contributed by atoms with Gasteiger partial charge in [0.05, 0.1) is 5.69 Å². The Morgan fingerprint density at radius 3 is 2.45 bits per heavy atom. The molecule has 162 valence electrons. The van der Waals surface area contributed by atoms with Crippen LogP contribution in [0.3, 0.4) is 0 Å². The summed E-state index contributed by atoms with van der Waals surface area (Å²) in [6.45, 7) is 4.14. The summed E-state index contributed by atoms with van der Waals surface area (Å²) in [4.78, 5) is 2.32. The molecule has 0 spiro atoms. The summed E-state index contributed by atoms with van der Waals surface area (Å²) in [5.41, 5.74) is 9.86. The molecule has 0 saturated carbocycles. The molecule has 0 radical (unpaired) electrons. The van der Waals surface area contributed by atoms with Gasteiger partial charge in [0.15, 0.2) is 0 Å². The number of para-hydroxylation sites is 1. The van der Waals surface area contributed by atoms with Crippen molar-refractivity contribution in [2.24, 2.45) is 11.7 Å². The number of rotatable bonds is 6. The molecule has 2 unspecified atom stereocenters. The van der Waals surface area contributed by atoms with E-state index in [2.05, 4.69) is 22.3 Å². The van der Waals surface area contributed by atoms with Crippen LogP contribution >= 0.6 is 0 Å². The van der Waals surface area contributed by atoms with Crippen LogP contribution in [0.4, 0.5) is 15.8 Å². The first kappa shape index (κ1) is 21.2. The number of nitrogens with one attached hydrogen (secondary N) is 1. The fourth-order valence-electron chi connectivity index (χ4n) is 4.16. The molecule has 5 nitrogen and oxygen atoms in total. The molecule has 0 bridgehead atoms. The Balaban J connectivity index is 1.66. The SMILES string of the molecule is CC(O)Nc1ccc(-c2cccc(-c3cccc(N4CCC(CN)C4)c3)c2O)cc1F. The number of aromatic hydroxyl groups is 1. The van der Waals surface area contributed by atoms with Crippen LogP contribution in [0.25, 0.3) is 22.3 Å². The number of aliphatic hydroxyl groups excluding tert-OH is 1. The number of nitrogens with two attached hydrogens (primary N) is 1. The standard InChI is InChI=1S/C25H28FN3O2/c1-16(30)28-24-9-8-19(13-23(24)26)22-7-3-6-21(25(22)31)18-4-2-5-20(12-18)29-11-10-17(14-27)15-29/h2-9,12-13,16-17,28,30-31H,10-11,14-15,27H2,1H3. The van der Waals surface area contributed by atoms with Gasteiger partial charge < -0.3 is 26.2 Å². The van der Waals surface area contributed by atoms with Crippen LogP contribution in [0.15, 0.2) is 60.7 Å². The predicted octanol–water partition coefficient (Wildman–Crippen LogP) is 4.40. The zero-order chi connectivity index (χ0) is 22.0. The average molecular weight is 422 g/mol. The van der Waals surface area contributed by atoms with E-state index in [4.69, 9.17) is 5.73 Å². The second-order valence-electron chi connectivity index (χ2n) is 8.10. The first-order valence-electron chi connectivity index (χ1n) is 10.6. The molecule has 1 aliphatic rings. The second-order valence-corrected chi connectivity index (χ2v) is 8.10. The van der Waals surface area contributed by atoms with Gasteiger partial charge in [-0.25, -0.2) is 4.39 Å². The van der Waals surface area contributed by atoms with Crippen LogP contribution in [0.1, 0.15) is 13.3 Å². The van der Waals surface area contributed by atoms with E-state index in [0.717, 1.165) is 30.8 Å². The number of phenols is 1. The van der Waals surface area contributed by atoms with E-state index in [0.29, 0.717) is 29.2 Å². The van der Waals surface area contributed by atoms with E-state index < -0.39 is 12.0 Å². The molecule has 1 aliphatic heterocycles. The van der Waals surface area contributed by atoms with Crippen LogP contribution in [0.2, 0.25) is 0 Å². The minimum Gasteiger partial charge on any atom is -0.507 e. The van der Waals surface area contributed by atoms with Crippen LogP contribution < -0.4 is 16.0 Å². The highest BCUT2D eigenvalue weighted by Gasteiger charge is 2.22. The molecule has 31 heavy (non-hydrogen) atoms. The summed E-state index contributed by atoms with van der Waals surface area (Å²) in [7, 11) is 0. The van der Waals surface area contributed by atoms with Crippen LogP contribution in [0.5, 0.6) is 5.75 Å². The molecule has 4 rings (SSSR count). The van der Waals surface area contributed by atoms with Crippen molar-refractivity contribution in [3.63, 3.8) is 0 Å². The predicted molar refractivity (Wildman–Crippen MR) is 124 cm³/mol. The Bertz CT molecular complexity index is 1070. The van der Waals surface area contributed by atoms with Gasteiger partial charge in [0, 0.05) is 29.9 Å². The minimum absolute atomic E-state index is 0.108. The zero-order valence-electron chi connectivity index (χ0n) is 17.6. The summed E-state index contributed by atoms with van der Waals surface area (Å²) in [5.74, 6) is 0.131. The number of hydrogen-bond donors (Lipinski definition) is 4. The number of halogens is 1. The Morgan fingerprint density at radius 1 is 1.10 bits per heavy atom. The lowest BCUT2D eigenvalue weighted by Gasteiger charge is -2.20. The van der Waals surface area contributed by atoms with Crippen LogP contribution in [-0.4, -0.2) is 36.1 Å². The van der Waals surface area contributed by atoms with Crippen molar-refractivity contribution in [2.45, 2.75) is 19.6 Å². The van der Waals surface area contributed by atoms with E-state index in [-0.39, 0.29) is 11.4 Å². The average Bonchev–Trinajstić information content (AvgIpc) is 3.25. The number of phenolic OH excluding ortho intramolecular Hbond substituents is 1. The van der Waals surface area contributed by atoms with Gasteiger partial charge in [-0.1, -0.05) is 36.4 Å². The Kier molecular flexibility index (Phi) is 6.11. The molecule has 5 N–H and O–H groups in total. The lowest BCUT2D eigenvalue weighted by molar-refractivity contribution is 0.224. The molecule has 2 atom stereocenters. The maximum atomic E-state index is 14.5. The summed E-state index contributed by atoms with van der Waals surface area (Å²) in [6, 6.07) is 18.2. The molecule has 1 saturated heterocycles. The molecule has 0 aliphatic carbocycles. The normalized spacial score (nSPS) is 17.0. The largest absolute Gasteiger partial charge is 0.507 e. The fourth-order valence-corrected chi connectivity index (χ4v) is 4.16. The monoisotopic (exact) mass is 421 g/mol. The van der Waals surface area contributed by atoms with Crippen LogP contribution in [0, 0.1) is 11.7 Å². The van der Waals surface area contributed by atoms with Crippen LogP contribution in [-0.2, 0) is 0 Å². The topological polar surface area (TPSA) is 81.8 Å². The van der Waals surface area contributed by atoms with Crippen molar-refractivity contribution in [3.05, 3.63) is 66.5 Å². The van der Waals surface area contributed by atoms with Gasteiger partial charge in [-0.3, -0.25) is 0 Å². The van der Waals surface area contributed by atoms with Crippen molar-refractivity contribution in [1.82, 2.24) is 0 Å². The fraction of sp³-hybridized carbons (Fsp3) is 0.280. The number of aliphatic hydroxyl groups is 1. The summed E-state index contributed by atoms with van der Waals surface area (Å²) in [5, 5.41) is 23.1. The van der Waals surface area contributed by atoms with Crippen molar-refractivity contribution >= 4 is 11.4 Å². The number of nitrogens with zero attached hydrogens (tertiary/aromatic N) is 1. The smallest absolute Gasteiger partial charge is 0.146 e. The molecule has 1 heterocycles. The van der Waals surface area contributed by atoms with Crippen molar-refractivity contribution < 1.29 is 14.6 Å². The van der Waals surface area contributed by atoms with Gasteiger partial charge in [-0.05, 0) is 61.2 Å². The Hall–Kier alpha value is -3.09. The third-order valence-electron chi connectivity index (χ3n) is 5.82. The number of benzene rings is 3. The van der Waals surface area contributed by atoms with E-state index in [1.165, 1.54) is 13.0 Å². The Labute approximate surface area is 181 Å². The highest BCUT2D eigenvalue weighted by Crippen LogP contribution is 2.40. The summed E-state index contributed by atoms with van der Waals surface area (Å²) < 4.78 is 14.5. The lowest BCUT2D eigenvalue weighted by Crippen LogP contribution is -2.22. The van der Waals surface area contributed by atoms with Crippen molar-refractivity contribution in [1.29, 1.82) is 0 Å². The first-order valence-corrected chi connectivity index (χ1v) is 10.6. The number of anilines is 2. The van der Waals surface area contributed by atoms with Crippen molar-refractivity contribution in [2.75, 3.05) is 29.9 Å². The van der Waals surface area contributed by atoms with E-state index in [9.17, 15) is 14.6 Å². The lowest BCUT2D eigenvalue weighted by atomic mass is 9.96. The maximum absolute atomic E-state index is 14.5. The number of hydrogen-bond acceptors (Lipinski definition) is 5. The molecular weight excluding hydrogens is 393 g/mol. The van der Waals surface area contributed by atoms with Gasteiger partial charge in [-0.15, -0.1) is 0 Å². The maximum Gasteiger partial charge on any atom is 0.146 e. The first-order chi connectivity index (χ1) is 15.0. The van der Waals surface area contributed by atoms with E-state index in [1.807, 2.05) is 24.3 Å².